The molecule has 0 aromatic heterocycles. The Bertz CT molecular complexity index is 658. The molecule has 1 amide bonds. The monoisotopic (exact) mass is 339 g/mol. The van der Waals surface area contributed by atoms with Crippen molar-refractivity contribution < 1.29 is 13.2 Å². The van der Waals surface area contributed by atoms with Crippen molar-refractivity contribution in [1.82, 2.24) is 14.1 Å². The number of rotatable bonds is 4. The lowest BCUT2D eigenvalue weighted by atomic mass is 10.2. The van der Waals surface area contributed by atoms with Gasteiger partial charge in [-0.25, -0.2) is 12.7 Å². The van der Waals surface area contributed by atoms with Gasteiger partial charge >= 0.3 is 0 Å². The standard InChI is InChI=1S/C16H25N3O3S/c1-14(20)19-9-5-8-18(10-11-19)13-15-6-4-7-16(12-15)23(21,22)17(2)3/h4,6-7,12H,5,8-11,13H2,1-3H3. The fourth-order valence-electron chi connectivity index (χ4n) is 2.72. The molecule has 0 N–H and O–H groups in total. The summed E-state index contributed by atoms with van der Waals surface area (Å²) >= 11 is 0. The fraction of sp³-hybridized carbons (Fsp3) is 0.562. The summed E-state index contributed by atoms with van der Waals surface area (Å²) in [5.41, 5.74) is 0.976. The molecule has 0 unspecified atom stereocenters. The van der Waals surface area contributed by atoms with Gasteiger partial charge in [-0.2, -0.15) is 0 Å². The zero-order valence-electron chi connectivity index (χ0n) is 14.0. The summed E-state index contributed by atoms with van der Waals surface area (Å²) in [6, 6.07) is 7.09. The van der Waals surface area contributed by atoms with Crippen LogP contribution in [-0.4, -0.2) is 68.7 Å². The van der Waals surface area contributed by atoms with Gasteiger partial charge in [-0.05, 0) is 24.1 Å². The van der Waals surface area contributed by atoms with Gasteiger partial charge in [-0.3, -0.25) is 9.69 Å². The highest BCUT2D eigenvalue weighted by Crippen LogP contribution is 2.17. The summed E-state index contributed by atoms with van der Waals surface area (Å²) in [5, 5.41) is 0. The number of carbonyl (C=O) groups excluding carboxylic acids is 1. The first-order chi connectivity index (χ1) is 10.8. The molecule has 128 valence electrons. The lowest BCUT2D eigenvalue weighted by Gasteiger charge is -2.21. The average molecular weight is 339 g/mol. The Morgan fingerprint density at radius 3 is 2.57 bits per heavy atom. The van der Waals surface area contributed by atoms with Crippen LogP contribution in [0.25, 0.3) is 0 Å². The van der Waals surface area contributed by atoms with Crippen LogP contribution < -0.4 is 0 Å². The Balaban J connectivity index is 2.08. The van der Waals surface area contributed by atoms with Crippen molar-refractivity contribution in [2.75, 3.05) is 40.3 Å². The molecule has 1 aromatic rings. The lowest BCUT2D eigenvalue weighted by molar-refractivity contribution is -0.128. The van der Waals surface area contributed by atoms with E-state index in [0.717, 1.165) is 38.2 Å². The van der Waals surface area contributed by atoms with E-state index in [1.807, 2.05) is 11.0 Å². The molecule has 23 heavy (non-hydrogen) atoms. The lowest BCUT2D eigenvalue weighted by Crippen LogP contribution is -2.33. The molecule has 1 saturated heterocycles. The van der Waals surface area contributed by atoms with Crippen LogP contribution >= 0.6 is 0 Å². The number of sulfonamides is 1. The van der Waals surface area contributed by atoms with Gasteiger partial charge < -0.3 is 4.90 Å². The highest BCUT2D eigenvalue weighted by atomic mass is 32.2. The molecule has 6 nitrogen and oxygen atoms in total. The Hall–Kier alpha value is -1.44. The second-order valence-corrected chi connectivity index (χ2v) is 8.22. The number of amides is 1. The van der Waals surface area contributed by atoms with Crippen LogP contribution in [0.15, 0.2) is 29.2 Å². The van der Waals surface area contributed by atoms with Crippen molar-refractivity contribution in [2.45, 2.75) is 24.8 Å². The smallest absolute Gasteiger partial charge is 0.242 e. The average Bonchev–Trinajstić information content (AvgIpc) is 2.73. The molecular formula is C16H25N3O3S. The predicted molar refractivity (Wildman–Crippen MR) is 89.5 cm³/mol. The van der Waals surface area contributed by atoms with Crippen LogP contribution in [0.2, 0.25) is 0 Å². The summed E-state index contributed by atoms with van der Waals surface area (Å²) in [7, 11) is -0.336. The summed E-state index contributed by atoms with van der Waals surface area (Å²) in [6.45, 7) is 5.54. The molecule has 0 aliphatic carbocycles. The van der Waals surface area contributed by atoms with Crippen LogP contribution in [-0.2, 0) is 21.4 Å². The first kappa shape index (κ1) is 17.9. The Labute approximate surface area is 138 Å². The van der Waals surface area contributed by atoms with Crippen molar-refractivity contribution >= 4 is 15.9 Å². The third-order valence-electron chi connectivity index (χ3n) is 4.12. The molecule has 2 rings (SSSR count). The molecule has 1 fully saturated rings. The van der Waals surface area contributed by atoms with Gasteiger partial charge in [0.1, 0.15) is 0 Å². The maximum Gasteiger partial charge on any atom is 0.242 e. The number of nitrogens with zero attached hydrogens (tertiary/aromatic N) is 3. The van der Waals surface area contributed by atoms with Crippen LogP contribution in [0.1, 0.15) is 18.9 Å². The third kappa shape index (κ3) is 4.53. The van der Waals surface area contributed by atoms with Gasteiger partial charge in [-0.15, -0.1) is 0 Å². The maximum absolute atomic E-state index is 12.2. The van der Waals surface area contributed by atoms with Crippen molar-refractivity contribution in [1.29, 1.82) is 0 Å². The van der Waals surface area contributed by atoms with Gasteiger partial charge in [0.05, 0.1) is 4.90 Å². The summed E-state index contributed by atoms with van der Waals surface area (Å²) < 4.78 is 25.7. The van der Waals surface area contributed by atoms with E-state index in [1.54, 1.807) is 25.1 Å². The van der Waals surface area contributed by atoms with Gasteiger partial charge in [0.2, 0.25) is 15.9 Å². The topological polar surface area (TPSA) is 60.9 Å². The number of benzene rings is 1. The number of hydrogen-bond acceptors (Lipinski definition) is 4. The second kappa shape index (κ2) is 7.42. The van der Waals surface area contributed by atoms with Crippen molar-refractivity contribution in [2.24, 2.45) is 0 Å². The number of carbonyl (C=O) groups is 1. The normalized spacial score (nSPS) is 17.3. The van der Waals surface area contributed by atoms with E-state index in [1.165, 1.54) is 18.4 Å². The third-order valence-corrected chi connectivity index (χ3v) is 5.93. The Morgan fingerprint density at radius 1 is 1.17 bits per heavy atom. The summed E-state index contributed by atoms with van der Waals surface area (Å²) in [4.78, 5) is 15.9. The second-order valence-electron chi connectivity index (χ2n) is 6.07. The van der Waals surface area contributed by atoms with Crippen LogP contribution in [0.3, 0.4) is 0 Å². The summed E-state index contributed by atoms with van der Waals surface area (Å²) in [5.74, 6) is 0.117. The van der Waals surface area contributed by atoms with E-state index in [0.29, 0.717) is 11.4 Å². The molecule has 0 radical (unpaired) electrons. The van der Waals surface area contributed by atoms with E-state index in [2.05, 4.69) is 4.90 Å². The molecule has 1 aliphatic heterocycles. The molecule has 7 heteroatoms. The minimum atomic E-state index is -3.41. The molecule has 1 heterocycles. The van der Waals surface area contributed by atoms with E-state index >= 15 is 0 Å². The van der Waals surface area contributed by atoms with Gasteiger partial charge in [-0.1, -0.05) is 12.1 Å². The highest BCUT2D eigenvalue weighted by Gasteiger charge is 2.19. The minimum absolute atomic E-state index is 0.117. The van der Waals surface area contributed by atoms with Crippen LogP contribution in [0.4, 0.5) is 0 Å². The molecule has 1 aliphatic rings. The van der Waals surface area contributed by atoms with E-state index in [4.69, 9.17) is 0 Å². The van der Waals surface area contributed by atoms with Gasteiger partial charge in [0.25, 0.3) is 0 Å². The van der Waals surface area contributed by atoms with Crippen molar-refractivity contribution in [3.05, 3.63) is 29.8 Å². The first-order valence-electron chi connectivity index (χ1n) is 7.80. The number of hydrogen-bond donors (Lipinski definition) is 0. The Kier molecular flexibility index (Phi) is 5.78. The highest BCUT2D eigenvalue weighted by molar-refractivity contribution is 7.89. The quantitative estimate of drug-likeness (QED) is 0.821. The minimum Gasteiger partial charge on any atom is -0.342 e. The van der Waals surface area contributed by atoms with Crippen LogP contribution in [0, 0.1) is 0 Å². The van der Waals surface area contributed by atoms with E-state index in [-0.39, 0.29) is 5.91 Å². The van der Waals surface area contributed by atoms with E-state index in [9.17, 15) is 13.2 Å². The molecule has 1 aromatic carbocycles. The maximum atomic E-state index is 12.2. The van der Waals surface area contributed by atoms with Crippen molar-refractivity contribution in [3.8, 4) is 0 Å². The molecular weight excluding hydrogens is 314 g/mol. The molecule has 0 spiro atoms. The van der Waals surface area contributed by atoms with Crippen molar-refractivity contribution in [3.63, 3.8) is 0 Å². The fourth-order valence-corrected chi connectivity index (χ4v) is 3.69. The molecule has 0 atom stereocenters. The van der Waals surface area contributed by atoms with Gasteiger partial charge in [0, 0.05) is 53.7 Å². The zero-order chi connectivity index (χ0) is 17.0. The predicted octanol–water partition coefficient (Wildman–Crippen LogP) is 0.991. The molecule has 0 saturated carbocycles. The summed E-state index contributed by atoms with van der Waals surface area (Å²) in [6.07, 6.45) is 0.940. The zero-order valence-corrected chi connectivity index (χ0v) is 14.8. The van der Waals surface area contributed by atoms with E-state index < -0.39 is 10.0 Å². The molecule has 0 bridgehead atoms. The first-order valence-corrected chi connectivity index (χ1v) is 9.24. The SMILES string of the molecule is CC(=O)N1CCCN(Cc2cccc(S(=O)(=O)N(C)C)c2)CC1. The van der Waals surface area contributed by atoms with Gasteiger partial charge in [0.15, 0.2) is 0 Å². The largest absolute Gasteiger partial charge is 0.342 e. The Morgan fingerprint density at radius 2 is 1.91 bits per heavy atom. The van der Waals surface area contributed by atoms with Crippen LogP contribution in [0.5, 0.6) is 0 Å².